The molecule has 2 aromatic carbocycles. The Kier molecular flexibility index (Phi) is 5.37. The van der Waals surface area contributed by atoms with Crippen molar-refractivity contribution < 1.29 is 18.3 Å². The summed E-state index contributed by atoms with van der Waals surface area (Å²) >= 11 is 6.38. The van der Waals surface area contributed by atoms with Gasteiger partial charge in [-0.15, -0.1) is 0 Å². The summed E-state index contributed by atoms with van der Waals surface area (Å²) < 4.78 is 38.2. The summed E-state index contributed by atoms with van der Waals surface area (Å²) in [6, 6.07) is 9.27. The van der Waals surface area contributed by atoms with Crippen LogP contribution in [0.2, 0.25) is 0 Å². The van der Waals surface area contributed by atoms with Crippen LogP contribution in [0.5, 0.6) is 11.5 Å². The quantitative estimate of drug-likeness (QED) is 0.653. The second-order valence-corrected chi connectivity index (χ2v) is 5.62. The molecule has 20 heavy (non-hydrogen) atoms. The van der Waals surface area contributed by atoms with Crippen LogP contribution < -0.4 is 9.47 Å². The third kappa shape index (κ3) is 4.18. The lowest BCUT2D eigenvalue weighted by Crippen LogP contribution is -2.10. The summed E-state index contributed by atoms with van der Waals surface area (Å²) in [6.07, 6.45) is 0. The van der Waals surface area contributed by atoms with E-state index in [4.69, 9.17) is 9.47 Å². The molecule has 0 aliphatic carbocycles. The highest BCUT2D eigenvalue weighted by molar-refractivity contribution is 9.10. The third-order valence-corrected chi connectivity index (χ3v) is 3.44. The Hall–Kier alpha value is -1.14. The van der Waals surface area contributed by atoms with E-state index in [1.807, 2.05) is 18.2 Å². The van der Waals surface area contributed by atoms with Gasteiger partial charge in [0, 0.05) is 10.5 Å². The highest BCUT2D eigenvalue weighted by Crippen LogP contribution is 2.29. The maximum absolute atomic E-state index is 13.5. The molecule has 2 aromatic rings. The van der Waals surface area contributed by atoms with E-state index in [-0.39, 0.29) is 23.4 Å². The highest BCUT2D eigenvalue weighted by Gasteiger charge is 2.10. The molecule has 2 nitrogen and oxygen atoms in total. The van der Waals surface area contributed by atoms with Gasteiger partial charge >= 0.3 is 0 Å². The molecule has 0 radical (unpaired) electrons. The number of hydrogen-bond acceptors (Lipinski definition) is 2. The molecule has 0 aromatic heterocycles. The van der Waals surface area contributed by atoms with Gasteiger partial charge in [0.05, 0.1) is 4.47 Å². The fourth-order valence-electron chi connectivity index (χ4n) is 1.53. The van der Waals surface area contributed by atoms with Crippen LogP contribution in [0.3, 0.4) is 0 Å². The van der Waals surface area contributed by atoms with E-state index in [2.05, 4.69) is 31.9 Å². The lowest BCUT2D eigenvalue weighted by Gasteiger charge is -2.10. The molecule has 2 rings (SSSR count). The molecule has 0 atom stereocenters. The number of hydrogen-bond donors (Lipinski definition) is 0. The Balaban J connectivity index is 1.88. The van der Waals surface area contributed by atoms with Crippen molar-refractivity contribution in [2.45, 2.75) is 0 Å². The summed E-state index contributed by atoms with van der Waals surface area (Å²) in [6.45, 7) is 0.396. The zero-order chi connectivity index (χ0) is 14.5. The van der Waals surface area contributed by atoms with Crippen LogP contribution >= 0.6 is 31.9 Å². The van der Waals surface area contributed by atoms with Gasteiger partial charge in [-0.25, -0.2) is 8.78 Å². The van der Waals surface area contributed by atoms with Gasteiger partial charge in [-0.2, -0.15) is 0 Å². The van der Waals surface area contributed by atoms with Gasteiger partial charge < -0.3 is 9.47 Å². The van der Waals surface area contributed by atoms with Crippen molar-refractivity contribution in [1.82, 2.24) is 0 Å². The molecule has 0 heterocycles. The summed E-state index contributed by atoms with van der Waals surface area (Å²) in [7, 11) is 0. The van der Waals surface area contributed by atoms with Gasteiger partial charge in [-0.05, 0) is 40.2 Å². The SMILES string of the molecule is Fc1cc(F)c(OCCOc2cccc(Br)c2)c(Br)c1. The van der Waals surface area contributed by atoms with E-state index in [1.54, 1.807) is 6.07 Å². The van der Waals surface area contributed by atoms with E-state index in [0.717, 1.165) is 16.6 Å². The summed E-state index contributed by atoms with van der Waals surface area (Å²) in [5.41, 5.74) is 0. The van der Waals surface area contributed by atoms with Gasteiger partial charge in [-0.1, -0.05) is 22.0 Å². The van der Waals surface area contributed by atoms with Crippen LogP contribution in [-0.4, -0.2) is 13.2 Å². The van der Waals surface area contributed by atoms with Crippen molar-refractivity contribution in [2.75, 3.05) is 13.2 Å². The van der Waals surface area contributed by atoms with Gasteiger partial charge in [0.1, 0.15) is 24.8 Å². The van der Waals surface area contributed by atoms with E-state index in [0.29, 0.717) is 5.75 Å². The second-order valence-electron chi connectivity index (χ2n) is 3.85. The van der Waals surface area contributed by atoms with Crippen LogP contribution in [0.1, 0.15) is 0 Å². The lowest BCUT2D eigenvalue weighted by atomic mass is 10.3. The Bertz CT molecular complexity index is 582. The zero-order valence-corrected chi connectivity index (χ0v) is 13.4. The highest BCUT2D eigenvalue weighted by atomic mass is 79.9. The Morgan fingerprint density at radius 3 is 2.40 bits per heavy atom. The van der Waals surface area contributed by atoms with Crippen LogP contribution in [0.15, 0.2) is 45.3 Å². The monoisotopic (exact) mass is 406 g/mol. The Labute approximate surface area is 132 Å². The standard InChI is InChI=1S/C14H10Br2F2O2/c15-9-2-1-3-11(6-9)19-4-5-20-14-12(16)7-10(17)8-13(14)18/h1-3,6-8H,4-5H2. The minimum atomic E-state index is -0.751. The average molecular weight is 408 g/mol. The smallest absolute Gasteiger partial charge is 0.169 e. The van der Waals surface area contributed by atoms with Crippen molar-refractivity contribution in [3.05, 3.63) is 57.0 Å². The number of rotatable bonds is 5. The molecule has 0 aliphatic heterocycles. The van der Waals surface area contributed by atoms with Gasteiger partial charge in [0.15, 0.2) is 11.6 Å². The van der Waals surface area contributed by atoms with Gasteiger partial charge in [-0.3, -0.25) is 0 Å². The van der Waals surface area contributed by atoms with E-state index in [9.17, 15) is 8.78 Å². The van der Waals surface area contributed by atoms with Crippen molar-refractivity contribution >= 4 is 31.9 Å². The molecule has 0 aliphatic rings. The second kappa shape index (κ2) is 7.04. The first-order valence-electron chi connectivity index (χ1n) is 5.72. The summed E-state index contributed by atoms with van der Waals surface area (Å²) in [4.78, 5) is 0. The van der Waals surface area contributed by atoms with Crippen molar-refractivity contribution in [2.24, 2.45) is 0 Å². The molecule has 0 bridgehead atoms. The lowest BCUT2D eigenvalue weighted by molar-refractivity contribution is 0.210. The molecule has 106 valence electrons. The first-order chi connectivity index (χ1) is 9.56. The van der Waals surface area contributed by atoms with Crippen LogP contribution in [0, 0.1) is 11.6 Å². The summed E-state index contributed by atoms with van der Waals surface area (Å²) in [5, 5.41) is 0. The molecule has 6 heteroatoms. The molecule has 0 N–H and O–H groups in total. The van der Waals surface area contributed by atoms with E-state index >= 15 is 0 Å². The van der Waals surface area contributed by atoms with Crippen molar-refractivity contribution in [1.29, 1.82) is 0 Å². The normalized spacial score (nSPS) is 10.4. The molecule has 0 unspecified atom stereocenters. The van der Waals surface area contributed by atoms with E-state index < -0.39 is 11.6 Å². The molecular weight excluding hydrogens is 398 g/mol. The number of halogens is 4. The van der Waals surface area contributed by atoms with Crippen molar-refractivity contribution in [3.8, 4) is 11.5 Å². The zero-order valence-electron chi connectivity index (χ0n) is 10.2. The fraction of sp³-hybridized carbons (Fsp3) is 0.143. The number of ether oxygens (including phenoxy) is 2. The van der Waals surface area contributed by atoms with Crippen molar-refractivity contribution in [3.63, 3.8) is 0 Å². The van der Waals surface area contributed by atoms with Gasteiger partial charge in [0.2, 0.25) is 0 Å². The first kappa shape index (κ1) is 15.3. The third-order valence-electron chi connectivity index (χ3n) is 2.36. The molecule has 0 spiro atoms. The molecule has 0 amide bonds. The topological polar surface area (TPSA) is 18.5 Å². The van der Waals surface area contributed by atoms with Crippen LogP contribution in [0.4, 0.5) is 8.78 Å². The first-order valence-corrected chi connectivity index (χ1v) is 7.30. The van der Waals surface area contributed by atoms with Gasteiger partial charge in [0.25, 0.3) is 0 Å². The predicted molar refractivity (Wildman–Crippen MR) is 79.2 cm³/mol. The molecule has 0 saturated carbocycles. The minimum Gasteiger partial charge on any atom is -0.490 e. The predicted octanol–water partition coefficient (Wildman–Crippen LogP) is 4.95. The molecule has 0 fully saturated rings. The van der Waals surface area contributed by atoms with Crippen LogP contribution in [-0.2, 0) is 0 Å². The Morgan fingerprint density at radius 1 is 0.950 bits per heavy atom. The average Bonchev–Trinajstić information content (AvgIpc) is 2.36. The largest absolute Gasteiger partial charge is 0.490 e. The minimum absolute atomic E-state index is 0.0238. The Morgan fingerprint density at radius 2 is 1.70 bits per heavy atom. The fourth-order valence-corrected chi connectivity index (χ4v) is 2.43. The summed E-state index contributed by atoms with van der Waals surface area (Å²) in [5.74, 6) is -0.752. The number of benzene rings is 2. The maximum atomic E-state index is 13.5. The van der Waals surface area contributed by atoms with E-state index in [1.165, 1.54) is 0 Å². The maximum Gasteiger partial charge on any atom is 0.169 e. The van der Waals surface area contributed by atoms with Crippen LogP contribution in [0.25, 0.3) is 0 Å². The molecule has 0 saturated heterocycles. The molecular formula is C14H10Br2F2O2.